The van der Waals surface area contributed by atoms with E-state index in [9.17, 15) is 93.0 Å². The van der Waals surface area contributed by atoms with Gasteiger partial charge in [0, 0.05) is 40.3 Å². The number of imidazole rings is 1. The molecule has 5 aromatic carbocycles. The van der Waals surface area contributed by atoms with E-state index in [0.717, 1.165) is 41.3 Å². The number of anilines is 1. The summed E-state index contributed by atoms with van der Waals surface area (Å²) in [5.74, 6) is -3.04. The number of hydrogen-bond acceptors (Lipinski definition) is 27. The summed E-state index contributed by atoms with van der Waals surface area (Å²) >= 11 is 1.48. The number of rotatable bonds is 22. The van der Waals surface area contributed by atoms with E-state index in [4.69, 9.17) is 9.47 Å². The van der Waals surface area contributed by atoms with Crippen molar-refractivity contribution in [2.45, 2.75) is 58.1 Å². The van der Waals surface area contributed by atoms with Gasteiger partial charge in [0.2, 0.25) is 16.9 Å². The molecule has 1 amide bonds. The van der Waals surface area contributed by atoms with Crippen LogP contribution >= 0.6 is 23.1 Å². The molecule has 0 bridgehead atoms. The minimum atomic E-state index is -5.34. The first kappa shape index (κ1) is 65.2. The lowest BCUT2D eigenvalue weighted by Crippen LogP contribution is -2.08. The first-order valence-electron chi connectivity index (χ1n) is 23.8. The number of aromatic hydroxyl groups is 1. The Balaban J connectivity index is 1.23. The fourth-order valence-corrected chi connectivity index (χ4v) is 13.9. The molecule has 0 radical (unpaired) electrons. The SMILES string of the molecule is COc1cc(N=Nc2cc(OCCCS(=O)(=O)O)c(N=Nc3c(C)c(C#N)c4nc5c(NC(C)=O)cc(S(=O)(=O)O)cc5n4c3O)cc2C)c(SCCCS(=O)(=O)O)cc1N=Nc1nc2c(S(=O)(=O)O)cc3c(S(=O)(=O)O)cc(S(=O)(=O)O)cc3c2s1. The summed E-state index contributed by atoms with van der Waals surface area (Å²) in [5.41, 5.74) is -1.73. The zero-order chi connectivity index (χ0) is 64.1. The minimum absolute atomic E-state index is 0.00280. The van der Waals surface area contributed by atoms with Crippen molar-refractivity contribution in [3.63, 3.8) is 0 Å². The standard InChI is InChI=1S/C46H41N11O22S8/c1-21-11-30(52-55-40-22(2)28(20-47)44-49-41-33(48-23(3)58)13-25(85(69,70)71)14-34(41)57(44)45(40)59)36(79-7-5-9-82(60,61)62)17-29(21)51-54-32-18-35(78-4)31(19-37(32)80-8-6-10-83(63,64)65)53-56-46-50-42-39(87(75,76)77)16-26-27(43(42)81-46)12-24(84(66,67)68)15-38(26)86(72,73)74/h11-19,59H,5-10H2,1-4H3,(H,48,58)(H,60,61,62)(H,63,64,65)(H,66,67,68)(H,69,70,71)(H,72,73,74)(H,75,76,77). The molecule has 8 N–H and O–H groups in total. The molecule has 33 nitrogen and oxygen atoms in total. The predicted molar refractivity (Wildman–Crippen MR) is 309 cm³/mol. The van der Waals surface area contributed by atoms with E-state index in [0.29, 0.717) is 29.0 Å². The highest BCUT2D eigenvalue weighted by molar-refractivity contribution is 7.99. The highest BCUT2D eigenvalue weighted by Gasteiger charge is 2.29. The van der Waals surface area contributed by atoms with E-state index in [2.05, 4.69) is 46.0 Å². The molecule has 0 fully saturated rings. The average molecular weight is 1360 g/mol. The number of benzene rings is 5. The van der Waals surface area contributed by atoms with Crippen LogP contribution in [0.5, 0.6) is 17.4 Å². The van der Waals surface area contributed by atoms with Crippen LogP contribution in [0.15, 0.2) is 110 Å². The smallest absolute Gasteiger partial charge is 0.296 e. The lowest BCUT2D eigenvalue weighted by Gasteiger charge is -2.12. The van der Waals surface area contributed by atoms with Gasteiger partial charge in [-0.15, -0.1) is 37.3 Å². The van der Waals surface area contributed by atoms with Crippen LogP contribution in [0.3, 0.4) is 0 Å². The fourth-order valence-electron chi connectivity index (χ4n) is 8.27. The number of nitrogens with one attached hydrogen (secondary N) is 1. The molecule has 87 heavy (non-hydrogen) atoms. The number of fused-ring (bicyclic) bond motifs is 6. The highest BCUT2D eigenvalue weighted by Crippen LogP contribution is 2.46. The van der Waals surface area contributed by atoms with E-state index in [1.165, 1.54) is 45.2 Å². The van der Waals surface area contributed by atoms with Crippen LogP contribution in [0.2, 0.25) is 0 Å². The van der Waals surface area contributed by atoms with Crippen molar-refractivity contribution in [3.05, 3.63) is 71.3 Å². The number of aryl methyl sites for hydroxylation is 1. The molecule has 41 heteroatoms. The summed E-state index contributed by atoms with van der Waals surface area (Å²) in [6.45, 7) is 3.66. The van der Waals surface area contributed by atoms with Crippen LogP contribution in [0.4, 0.5) is 39.3 Å². The van der Waals surface area contributed by atoms with Gasteiger partial charge in [0.1, 0.15) is 61.0 Å². The third kappa shape index (κ3) is 14.8. The number of azo groups is 3. The Morgan fingerprint density at radius 2 is 1.28 bits per heavy atom. The number of carbonyl (C=O) groups is 1. The van der Waals surface area contributed by atoms with Crippen LogP contribution in [0, 0.1) is 25.2 Å². The Hall–Kier alpha value is -7.83. The summed E-state index contributed by atoms with van der Waals surface area (Å²) < 4.78 is 216. The van der Waals surface area contributed by atoms with E-state index in [1.54, 1.807) is 0 Å². The van der Waals surface area contributed by atoms with E-state index >= 15 is 0 Å². The van der Waals surface area contributed by atoms with Gasteiger partial charge in [-0.2, -0.15) is 60.9 Å². The lowest BCUT2D eigenvalue weighted by atomic mass is 10.1. The second-order valence-corrected chi connectivity index (χ2v) is 29.1. The topological polar surface area (TPSA) is 522 Å². The molecule has 0 saturated heterocycles. The number of hydrogen-bond donors (Lipinski definition) is 8. The molecule has 0 spiro atoms. The summed E-state index contributed by atoms with van der Waals surface area (Å²) in [6, 6.07) is 10.8. The van der Waals surface area contributed by atoms with E-state index in [1.807, 2.05) is 6.07 Å². The molecule has 0 aliphatic heterocycles. The Morgan fingerprint density at radius 3 is 1.89 bits per heavy atom. The molecule has 0 unspecified atom stereocenters. The Labute approximate surface area is 500 Å². The fraction of sp³-hybridized carbons (Fsp3) is 0.217. The first-order chi connectivity index (χ1) is 40.4. The molecule has 8 aromatic rings. The average Bonchev–Trinajstić information content (AvgIpc) is 1.69. The first-order valence-corrected chi connectivity index (χ1v) is 34.6. The van der Waals surface area contributed by atoms with Crippen molar-refractivity contribution in [2.75, 3.05) is 36.3 Å². The second kappa shape index (κ2) is 24.4. The van der Waals surface area contributed by atoms with Crippen LogP contribution in [-0.2, 0) is 65.5 Å². The normalized spacial score (nSPS) is 13.1. The number of thioether (sulfide) groups is 1. The quantitative estimate of drug-likeness (QED) is 0.0136. The van der Waals surface area contributed by atoms with Gasteiger partial charge >= 0.3 is 0 Å². The maximum atomic E-state index is 12.6. The van der Waals surface area contributed by atoms with Crippen LogP contribution in [0.1, 0.15) is 36.5 Å². The van der Waals surface area contributed by atoms with Crippen molar-refractivity contribution in [2.24, 2.45) is 30.7 Å². The van der Waals surface area contributed by atoms with E-state index < -0.39 is 120 Å². The Morgan fingerprint density at radius 1 is 0.678 bits per heavy atom. The number of aromatic nitrogens is 3. The molecule has 3 heterocycles. The zero-order valence-electron chi connectivity index (χ0n) is 44.4. The molecule has 460 valence electrons. The monoisotopic (exact) mass is 1360 g/mol. The summed E-state index contributed by atoms with van der Waals surface area (Å²) in [4.78, 5) is 16.9. The molecule has 3 aromatic heterocycles. The predicted octanol–water partition coefficient (Wildman–Crippen LogP) is 8.67. The number of nitrogens with zero attached hydrogens (tertiary/aromatic N) is 10. The van der Waals surface area contributed by atoms with Crippen molar-refractivity contribution < 1.29 is 97.2 Å². The summed E-state index contributed by atoms with van der Waals surface area (Å²) in [5, 5.41) is 48.7. The molecule has 8 rings (SSSR count). The number of thiazole rings is 1. The maximum Gasteiger partial charge on any atom is 0.296 e. The van der Waals surface area contributed by atoms with Gasteiger partial charge in [-0.3, -0.25) is 36.5 Å². The van der Waals surface area contributed by atoms with Gasteiger partial charge < -0.3 is 19.9 Å². The van der Waals surface area contributed by atoms with Gasteiger partial charge in [0.05, 0.1) is 56.6 Å². The van der Waals surface area contributed by atoms with Gasteiger partial charge in [-0.25, -0.2) is 9.97 Å². The third-order valence-corrected chi connectivity index (χ3v) is 19.2. The largest absolute Gasteiger partial charge is 0.494 e. The van der Waals surface area contributed by atoms with Gasteiger partial charge in [0.25, 0.3) is 60.7 Å². The van der Waals surface area contributed by atoms with Crippen LogP contribution in [-0.4, -0.2) is 134 Å². The number of methoxy groups -OCH3 is 1. The Bertz CT molecular complexity index is 5110. The van der Waals surface area contributed by atoms with Crippen molar-refractivity contribution in [3.8, 4) is 23.4 Å². The van der Waals surface area contributed by atoms with Gasteiger partial charge in [-0.05, 0) is 80.5 Å². The number of amides is 1. The molecular formula is C46H41N11O22S8. The second-order valence-electron chi connectivity index (χ2n) is 18.2. The van der Waals surface area contributed by atoms with Crippen molar-refractivity contribution >= 4 is 167 Å². The van der Waals surface area contributed by atoms with Crippen LogP contribution in [0.25, 0.3) is 37.7 Å². The summed E-state index contributed by atoms with van der Waals surface area (Å²) in [7, 11) is -28.4. The van der Waals surface area contributed by atoms with E-state index in [-0.39, 0.29) is 114 Å². The molecule has 0 aliphatic rings. The number of ether oxygens (including phenoxy) is 2. The van der Waals surface area contributed by atoms with Crippen molar-refractivity contribution in [1.29, 1.82) is 5.26 Å². The number of carbonyl (C=O) groups excluding carboxylic acids is 1. The zero-order valence-corrected chi connectivity index (χ0v) is 51.0. The number of pyridine rings is 1. The molecule has 0 atom stereocenters. The molecule has 0 saturated carbocycles. The highest BCUT2D eigenvalue weighted by atomic mass is 32.2. The lowest BCUT2D eigenvalue weighted by molar-refractivity contribution is -0.114. The van der Waals surface area contributed by atoms with Crippen LogP contribution < -0.4 is 14.8 Å². The minimum Gasteiger partial charge on any atom is -0.494 e. The number of nitriles is 1. The van der Waals surface area contributed by atoms with Gasteiger partial charge in [-0.1, -0.05) is 11.3 Å². The Kier molecular flexibility index (Phi) is 18.3. The van der Waals surface area contributed by atoms with Crippen molar-refractivity contribution in [1.82, 2.24) is 14.4 Å². The molecular weight excluding hydrogens is 1320 g/mol. The third-order valence-electron chi connectivity index (χ3n) is 12.1. The molecule has 0 aliphatic carbocycles. The van der Waals surface area contributed by atoms with Gasteiger partial charge in [0.15, 0.2) is 11.3 Å². The maximum absolute atomic E-state index is 12.6. The summed E-state index contributed by atoms with van der Waals surface area (Å²) in [6.07, 6.45) is -0.373.